The van der Waals surface area contributed by atoms with Crippen molar-refractivity contribution < 1.29 is 18.7 Å². The zero-order chi connectivity index (χ0) is 19.4. The number of piperazine rings is 1. The third-order valence-corrected chi connectivity index (χ3v) is 5.55. The number of ether oxygens (including phenoxy) is 1. The van der Waals surface area contributed by atoms with Crippen LogP contribution in [0.4, 0.5) is 14.9 Å². The lowest BCUT2D eigenvalue weighted by molar-refractivity contribution is -0.124. The van der Waals surface area contributed by atoms with E-state index in [-0.39, 0.29) is 28.8 Å². The molecule has 2 heterocycles. The average molecular weight is 396 g/mol. The number of amides is 2. The predicted octanol–water partition coefficient (Wildman–Crippen LogP) is 2.82. The fourth-order valence-corrected chi connectivity index (χ4v) is 4.11. The van der Waals surface area contributed by atoms with E-state index in [1.165, 1.54) is 17.0 Å². The van der Waals surface area contributed by atoms with E-state index in [1.807, 2.05) is 13.8 Å². The monoisotopic (exact) mass is 395 g/mol. The number of anilines is 1. The maximum absolute atomic E-state index is 13.6. The summed E-state index contributed by atoms with van der Waals surface area (Å²) in [4.78, 5) is 29.1. The second kappa shape index (κ2) is 8.93. The van der Waals surface area contributed by atoms with E-state index in [0.717, 1.165) is 56.6 Å². The minimum absolute atomic E-state index is 0.0130. The summed E-state index contributed by atoms with van der Waals surface area (Å²) in [6.07, 6.45) is 0.775. The van der Waals surface area contributed by atoms with Gasteiger partial charge in [0.15, 0.2) is 0 Å². The highest BCUT2D eigenvalue weighted by atomic mass is 32.2. The molecular formula is C19H26FN3O3S. The molecule has 6 nitrogen and oxygen atoms in total. The molecule has 8 heteroatoms. The van der Waals surface area contributed by atoms with Crippen LogP contribution in [0.15, 0.2) is 18.2 Å². The first-order valence-electron chi connectivity index (χ1n) is 9.34. The average Bonchev–Trinajstić information content (AvgIpc) is 2.94. The van der Waals surface area contributed by atoms with Crippen LogP contribution in [0.3, 0.4) is 0 Å². The molecule has 0 bridgehead atoms. The van der Waals surface area contributed by atoms with Gasteiger partial charge < -0.3 is 9.64 Å². The number of thioether (sulfide) groups is 1. The highest BCUT2D eigenvalue weighted by Gasteiger charge is 2.29. The van der Waals surface area contributed by atoms with Crippen LogP contribution in [0.5, 0.6) is 5.75 Å². The van der Waals surface area contributed by atoms with Crippen molar-refractivity contribution in [3.05, 3.63) is 24.0 Å². The van der Waals surface area contributed by atoms with Gasteiger partial charge >= 0.3 is 0 Å². The normalized spacial score (nSPS) is 18.7. The van der Waals surface area contributed by atoms with Gasteiger partial charge in [0.05, 0.1) is 17.5 Å². The molecule has 2 aliphatic heterocycles. The lowest BCUT2D eigenvalue weighted by Gasteiger charge is -2.37. The van der Waals surface area contributed by atoms with Crippen molar-refractivity contribution in [1.82, 2.24) is 9.80 Å². The fraction of sp³-hybridized carbons (Fsp3) is 0.579. The maximum Gasteiger partial charge on any atom is 0.288 e. The molecule has 0 atom stereocenters. The Morgan fingerprint density at radius 2 is 1.89 bits per heavy atom. The summed E-state index contributed by atoms with van der Waals surface area (Å²) in [5, 5.41) is -0.126. The van der Waals surface area contributed by atoms with Gasteiger partial charge in [0.2, 0.25) is 5.91 Å². The summed E-state index contributed by atoms with van der Waals surface area (Å²) in [5.74, 6) is 0.485. The number of rotatable bonds is 7. The predicted molar refractivity (Wildman–Crippen MR) is 105 cm³/mol. The minimum Gasteiger partial charge on any atom is -0.489 e. The van der Waals surface area contributed by atoms with E-state index in [1.54, 1.807) is 6.07 Å². The Morgan fingerprint density at radius 3 is 2.52 bits per heavy atom. The Kier molecular flexibility index (Phi) is 6.59. The standard InChI is InChI=1S/C19H26FN3O3S/c1-14(2)26-17-12-15(20)4-5-16(17)22-10-8-21(9-11-22)6-3-7-23-18(24)13-27-19(23)25/h4-5,12,14H,3,6-11,13H2,1-2H3. The van der Waals surface area contributed by atoms with Gasteiger partial charge in [-0.2, -0.15) is 0 Å². The highest BCUT2D eigenvalue weighted by molar-refractivity contribution is 8.14. The van der Waals surface area contributed by atoms with Crippen molar-refractivity contribution in [2.24, 2.45) is 0 Å². The van der Waals surface area contributed by atoms with Gasteiger partial charge in [0.25, 0.3) is 5.24 Å². The molecule has 0 N–H and O–H groups in total. The first-order valence-corrected chi connectivity index (χ1v) is 10.3. The van der Waals surface area contributed by atoms with E-state index >= 15 is 0 Å². The molecule has 0 aromatic heterocycles. The Labute approximate surface area is 163 Å². The van der Waals surface area contributed by atoms with Crippen LogP contribution in [0.2, 0.25) is 0 Å². The lowest BCUT2D eigenvalue weighted by atomic mass is 10.2. The number of carbonyl (C=O) groups excluding carboxylic acids is 2. The van der Waals surface area contributed by atoms with Crippen molar-refractivity contribution >= 4 is 28.6 Å². The van der Waals surface area contributed by atoms with E-state index in [9.17, 15) is 14.0 Å². The molecule has 0 unspecified atom stereocenters. The summed E-state index contributed by atoms with van der Waals surface area (Å²) < 4.78 is 19.4. The second-order valence-corrected chi connectivity index (χ2v) is 7.99. The van der Waals surface area contributed by atoms with Crippen molar-refractivity contribution in [2.75, 3.05) is 49.9 Å². The molecule has 0 spiro atoms. The number of hydrogen-bond donors (Lipinski definition) is 0. The molecule has 0 aliphatic carbocycles. The highest BCUT2D eigenvalue weighted by Crippen LogP contribution is 2.31. The van der Waals surface area contributed by atoms with Crippen LogP contribution in [0.25, 0.3) is 0 Å². The van der Waals surface area contributed by atoms with Crippen molar-refractivity contribution in [3.8, 4) is 5.75 Å². The van der Waals surface area contributed by atoms with Crippen LogP contribution in [-0.2, 0) is 4.79 Å². The zero-order valence-electron chi connectivity index (χ0n) is 15.8. The van der Waals surface area contributed by atoms with Gasteiger partial charge in [-0.25, -0.2) is 4.39 Å². The number of imide groups is 1. The van der Waals surface area contributed by atoms with Gasteiger partial charge in [0.1, 0.15) is 11.6 Å². The van der Waals surface area contributed by atoms with E-state index < -0.39 is 0 Å². The third-order valence-electron chi connectivity index (χ3n) is 4.69. The van der Waals surface area contributed by atoms with Gasteiger partial charge in [-0.05, 0) is 38.9 Å². The molecule has 2 aliphatic rings. The van der Waals surface area contributed by atoms with Gasteiger partial charge in [-0.1, -0.05) is 11.8 Å². The second-order valence-electron chi connectivity index (χ2n) is 7.06. The van der Waals surface area contributed by atoms with Crippen LogP contribution in [0.1, 0.15) is 20.3 Å². The van der Waals surface area contributed by atoms with Crippen LogP contribution in [0, 0.1) is 5.82 Å². The quantitative estimate of drug-likeness (QED) is 0.708. The summed E-state index contributed by atoms with van der Waals surface area (Å²) >= 11 is 1.08. The van der Waals surface area contributed by atoms with E-state index in [0.29, 0.717) is 12.3 Å². The summed E-state index contributed by atoms with van der Waals surface area (Å²) in [6.45, 7) is 8.64. The lowest BCUT2D eigenvalue weighted by Crippen LogP contribution is -2.47. The van der Waals surface area contributed by atoms with Crippen molar-refractivity contribution in [1.29, 1.82) is 0 Å². The summed E-state index contributed by atoms with van der Waals surface area (Å²) in [6, 6.07) is 4.70. The SMILES string of the molecule is CC(C)Oc1cc(F)ccc1N1CCN(CCCN2C(=O)CSC2=O)CC1. The number of benzene rings is 1. The molecular weight excluding hydrogens is 369 g/mol. The molecule has 148 valence electrons. The molecule has 3 rings (SSSR count). The molecule has 2 amide bonds. The maximum atomic E-state index is 13.6. The summed E-state index contributed by atoms with van der Waals surface area (Å²) in [7, 11) is 0. The number of carbonyl (C=O) groups is 2. The van der Waals surface area contributed by atoms with E-state index in [4.69, 9.17) is 4.74 Å². The molecule has 2 saturated heterocycles. The van der Waals surface area contributed by atoms with Gasteiger partial charge in [-0.3, -0.25) is 19.4 Å². The Hall–Kier alpha value is -1.80. The molecule has 0 saturated carbocycles. The fourth-order valence-electron chi connectivity index (χ4n) is 3.36. The van der Waals surface area contributed by atoms with Crippen molar-refractivity contribution in [3.63, 3.8) is 0 Å². The Morgan fingerprint density at radius 1 is 1.15 bits per heavy atom. The van der Waals surface area contributed by atoms with Gasteiger partial charge in [-0.15, -0.1) is 0 Å². The number of halogens is 1. The number of hydrogen-bond acceptors (Lipinski definition) is 6. The number of nitrogens with zero attached hydrogens (tertiary/aromatic N) is 3. The molecule has 1 aromatic carbocycles. The Balaban J connectivity index is 1.49. The summed E-state index contributed by atoms with van der Waals surface area (Å²) in [5.41, 5.74) is 0.926. The van der Waals surface area contributed by atoms with Crippen LogP contribution < -0.4 is 9.64 Å². The minimum atomic E-state index is -0.294. The third kappa shape index (κ3) is 5.13. The first kappa shape index (κ1) is 19.9. The Bertz CT molecular complexity index is 677. The molecule has 27 heavy (non-hydrogen) atoms. The van der Waals surface area contributed by atoms with Crippen molar-refractivity contribution in [2.45, 2.75) is 26.4 Å². The first-order chi connectivity index (χ1) is 12.9. The zero-order valence-corrected chi connectivity index (χ0v) is 16.6. The molecule has 0 radical (unpaired) electrons. The van der Waals surface area contributed by atoms with Crippen LogP contribution >= 0.6 is 11.8 Å². The van der Waals surface area contributed by atoms with Crippen LogP contribution in [-0.4, -0.2) is 72.1 Å². The molecule has 2 fully saturated rings. The topological polar surface area (TPSA) is 53.1 Å². The smallest absolute Gasteiger partial charge is 0.288 e. The van der Waals surface area contributed by atoms with Gasteiger partial charge in [0, 0.05) is 38.8 Å². The largest absolute Gasteiger partial charge is 0.489 e. The molecule has 1 aromatic rings. The van der Waals surface area contributed by atoms with E-state index in [2.05, 4.69) is 9.80 Å².